The van der Waals surface area contributed by atoms with Crippen LogP contribution in [-0.2, 0) is 19.1 Å². The summed E-state index contributed by atoms with van der Waals surface area (Å²) in [7, 11) is 0. The normalized spacial score (nSPS) is 16.9. The summed E-state index contributed by atoms with van der Waals surface area (Å²) in [5.41, 5.74) is 0. The van der Waals surface area contributed by atoms with Gasteiger partial charge in [0.15, 0.2) is 0 Å². The molecule has 98 valence electrons. The molecule has 0 atom stereocenters. The van der Waals surface area contributed by atoms with Crippen molar-refractivity contribution >= 4 is 11.9 Å². The Labute approximate surface area is 100 Å². The quantitative estimate of drug-likeness (QED) is 0.536. The number of hydrogen-bond acceptors (Lipinski definition) is 5. The first-order chi connectivity index (χ1) is 8.19. The first-order valence-electron chi connectivity index (χ1n) is 5.87. The summed E-state index contributed by atoms with van der Waals surface area (Å²) in [5, 5.41) is 8.62. The van der Waals surface area contributed by atoms with Crippen molar-refractivity contribution in [3.05, 3.63) is 0 Å². The van der Waals surface area contributed by atoms with Crippen LogP contribution in [0.5, 0.6) is 0 Å². The molecule has 0 aromatic rings. The van der Waals surface area contributed by atoms with Gasteiger partial charge in [-0.1, -0.05) is 0 Å². The molecule has 0 bridgehead atoms. The second-order valence-corrected chi connectivity index (χ2v) is 3.81. The summed E-state index contributed by atoms with van der Waals surface area (Å²) in [6.07, 6.45) is 1.43. The zero-order valence-electron chi connectivity index (χ0n) is 10.1. The predicted molar refractivity (Wildman–Crippen MR) is 59.3 cm³/mol. The third-order valence-corrected chi connectivity index (χ3v) is 2.62. The van der Waals surface area contributed by atoms with Crippen LogP contribution >= 0.6 is 0 Å². The second kappa shape index (κ2) is 7.24. The fraction of sp³-hybridized carbons (Fsp3) is 0.818. The van der Waals surface area contributed by atoms with E-state index in [1.54, 1.807) is 6.92 Å². The number of amides is 1. The van der Waals surface area contributed by atoms with E-state index in [1.165, 1.54) is 4.90 Å². The second-order valence-electron chi connectivity index (χ2n) is 3.81. The van der Waals surface area contributed by atoms with Gasteiger partial charge in [-0.25, -0.2) is 4.79 Å². The van der Waals surface area contributed by atoms with Gasteiger partial charge in [-0.3, -0.25) is 4.79 Å². The molecule has 6 nitrogen and oxygen atoms in total. The number of nitrogens with zero attached hydrogens (tertiary/aromatic N) is 1. The number of carbonyl (C=O) groups excluding carboxylic acids is 2. The van der Waals surface area contributed by atoms with Crippen molar-refractivity contribution in [2.24, 2.45) is 0 Å². The van der Waals surface area contributed by atoms with Crippen LogP contribution in [0.25, 0.3) is 0 Å². The Kier molecular flexibility index (Phi) is 5.93. The molecule has 0 radical (unpaired) electrons. The van der Waals surface area contributed by atoms with E-state index in [1.807, 2.05) is 0 Å². The van der Waals surface area contributed by atoms with Crippen LogP contribution in [0.4, 0.5) is 0 Å². The lowest BCUT2D eigenvalue weighted by Crippen LogP contribution is -2.44. The van der Waals surface area contributed by atoms with E-state index in [0.29, 0.717) is 32.5 Å². The van der Waals surface area contributed by atoms with Crippen LogP contribution in [0, 0.1) is 0 Å². The molecule has 0 aromatic heterocycles. The SMILES string of the molecule is CCOC(=O)C(=O)N1CCC(OCCO)CC1. The molecule has 6 heteroatoms. The number of ether oxygens (including phenoxy) is 2. The molecule has 1 rings (SSSR count). The van der Waals surface area contributed by atoms with E-state index >= 15 is 0 Å². The van der Waals surface area contributed by atoms with E-state index in [-0.39, 0.29) is 19.3 Å². The lowest BCUT2D eigenvalue weighted by Gasteiger charge is -2.31. The molecule has 1 fully saturated rings. The van der Waals surface area contributed by atoms with Crippen molar-refractivity contribution in [2.75, 3.05) is 32.9 Å². The van der Waals surface area contributed by atoms with E-state index in [4.69, 9.17) is 9.84 Å². The molecule has 0 aliphatic carbocycles. The van der Waals surface area contributed by atoms with Gasteiger partial charge in [-0.15, -0.1) is 0 Å². The van der Waals surface area contributed by atoms with Crippen LogP contribution in [0.2, 0.25) is 0 Å². The maximum absolute atomic E-state index is 11.6. The Morgan fingerprint density at radius 2 is 2.00 bits per heavy atom. The van der Waals surface area contributed by atoms with Crippen molar-refractivity contribution in [3.63, 3.8) is 0 Å². The van der Waals surface area contributed by atoms with Crippen molar-refractivity contribution in [1.82, 2.24) is 4.90 Å². The largest absolute Gasteiger partial charge is 0.459 e. The molecular weight excluding hydrogens is 226 g/mol. The zero-order chi connectivity index (χ0) is 12.7. The molecule has 1 heterocycles. The van der Waals surface area contributed by atoms with E-state index < -0.39 is 11.9 Å². The van der Waals surface area contributed by atoms with Crippen molar-refractivity contribution in [1.29, 1.82) is 0 Å². The molecule has 1 amide bonds. The molecule has 1 aliphatic rings. The van der Waals surface area contributed by atoms with Crippen LogP contribution < -0.4 is 0 Å². The number of rotatable bonds is 4. The minimum Gasteiger partial charge on any atom is -0.459 e. The highest BCUT2D eigenvalue weighted by Crippen LogP contribution is 2.13. The molecule has 0 aromatic carbocycles. The molecule has 1 N–H and O–H groups in total. The fourth-order valence-electron chi connectivity index (χ4n) is 1.77. The Balaban J connectivity index is 2.31. The molecular formula is C11H19NO5. The van der Waals surface area contributed by atoms with Gasteiger partial charge >= 0.3 is 11.9 Å². The Hall–Kier alpha value is -1.14. The number of esters is 1. The van der Waals surface area contributed by atoms with Gasteiger partial charge in [-0.2, -0.15) is 0 Å². The van der Waals surface area contributed by atoms with Crippen molar-refractivity contribution in [2.45, 2.75) is 25.9 Å². The van der Waals surface area contributed by atoms with E-state index in [9.17, 15) is 9.59 Å². The van der Waals surface area contributed by atoms with Crippen LogP contribution in [-0.4, -0.2) is 60.9 Å². The fourth-order valence-corrected chi connectivity index (χ4v) is 1.77. The Morgan fingerprint density at radius 3 is 2.53 bits per heavy atom. The molecule has 0 saturated carbocycles. The molecule has 1 saturated heterocycles. The first-order valence-corrected chi connectivity index (χ1v) is 5.87. The first kappa shape index (κ1) is 13.9. The van der Waals surface area contributed by atoms with Crippen LogP contribution in [0.3, 0.4) is 0 Å². The standard InChI is InChI=1S/C11H19NO5/c1-2-16-11(15)10(14)12-5-3-9(4-6-12)17-8-7-13/h9,13H,2-8H2,1H3. The zero-order valence-corrected chi connectivity index (χ0v) is 10.1. The summed E-state index contributed by atoms with van der Waals surface area (Å²) in [5.74, 6) is -1.37. The number of aliphatic hydroxyl groups is 1. The smallest absolute Gasteiger partial charge is 0.397 e. The highest BCUT2D eigenvalue weighted by atomic mass is 16.5. The van der Waals surface area contributed by atoms with E-state index in [2.05, 4.69) is 4.74 Å². The number of hydrogen-bond donors (Lipinski definition) is 1. The molecule has 0 spiro atoms. The molecule has 0 unspecified atom stereocenters. The summed E-state index contributed by atoms with van der Waals surface area (Å²) >= 11 is 0. The van der Waals surface area contributed by atoms with Crippen molar-refractivity contribution < 1.29 is 24.2 Å². The Bertz CT molecular complexity index is 261. The van der Waals surface area contributed by atoms with Gasteiger partial charge in [0.25, 0.3) is 0 Å². The van der Waals surface area contributed by atoms with Gasteiger partial charge in [0, 0.05) is 13.1 Å². The van der Waals surface area contributed by atoms with Gasteiger partial charge in [0.1, 0.15) is 0 Å². The van der Waals surface area contributed by atoms with Crippen molar-refractivity contribution in [3.8, 4) is 0 Å². The molecule has 17 heavy (non-hydrogen) atoms. The Morgan fingerprint density at radius 1 is 1.35 bits per heavy atom. The van der Waals surface area contributed by atoms with Gasteiger partial charge in [-0.05, 0) is 19.8 Å². The topological polar surface area (TPSA) is 76.1 Å². The third-order valence-electron chi connectivity index (χ3n) is 2.62. The number of piperidine rings is 1. The maximum atomic E-state index is 11.6. The van der Waals surface area contributed by atoms with Gasteiger partial charge < -0.3 is 19.5 Å². The lowest BCUT2D eigenvalue weighted by molar-refractivity contribution is -0.161. The summed E-state index contributed by atoms with van der Waals surface area (Å²) in [6.45, 7) is 3.18. The van der Waals surface area contributed by atoms with Crippen LogP contribution in [0.15, 0.2) is 0 Å². The molecule has 1 aliphatic heterocycles. The van der Waals surface area contributed by atoms with Crippen LogP contribution in [0.1, 0.15) is 19.8 Å². The third kappa shape index (κ3) is 4.32. The minimum atomic E-state index is -0.790. The highest BCUT2D eigenvalue weighted by Gasteiger charge is 2.27. The summed E-state index contributed by atoms with van der Waals surface area (Å²) < 4.78 is 10.0. The minimum absolute atomic E-state index is 0.00196. The number of likely N-dealkylation sites (tertiary alicyclic amines) is 1. The average molecular weight is 245 g/mol. The number of carbonyl (C=O) groups is 2. The summed E-state index contributed by atoms with van der Waals surface area (Å²) in [4.78, 5) is 24.3. The lowest BCUT2D eigenvalue weighted by atomic mass is 10.1. The van der Waals surface area contributed by atoms with Gasteiger partial charge in [0.2, 0.25) is 0 Å². The summed E-state index contributed by atoms with van der Waals surface area (Å²) in [6, 6.07) is 0. The maximum Gasteiger partial charge on any atom is 0.397 e. The predicted octanol–water partition coefficient (Wildman–Crippen LogP) is -0.451. The van der Waals surface area contributed by atoms with E-state index in [0.717, 1.165) is 0 Å². The monoisotopic (exact) mass is 245 g/mol. The average Bonchev–Trinajstić information content (AvgIpc) is 2.36. The van der Waals surface area contributed by atoms with Gasteiger partial charge in [0.05, 0.1) is 25.9 Å². The number of aliphatic hydroxyl groups excluding tert-OH is 1. The highest BCUT2D eigenvalue weighted by molar-refractivity contribution is 6.32.